The summed E-state index contributed by atoms with van der Waals surface area (Å²) in [7, 11) is 1.62. The molecule has 0 N–H and O–H groups in total. The van der Waals surface area contributed by atoms with Crippen molar-refractivity contribution in [1.29, 1.82) is 0 Å². The van der Waals surface area contributed by atoms with Gasteiger partial charge in [0.25, 0.3) is 0 Å². The van der Waals surface area contributed by atoms with Gasteiger partial charge in [0.1, 0.15) is 5.75 Å². The van der Waals surface area contributed by atoms with Gasteiger partial charge in [-0.1, -0.05) is 18.2 Å². The van der Waals surface area contributed by atoms with Crippen LogP contribution >= 0.6 is 11.8 Å². The molecule has 0 spiro atoms. The van der Waals surface area contributed by atoms with E-state index in [-0.39, 0.29) is 5.63 Å². The molecule has 21 heavy (non-hydrogen) atoms. The van der Waals surface area contributed by atoms with Crippen molar-refractivity contribution in [2.45, 2.75) is 4.90 Å². The van der Waals surface area contributed by atoms with Crippen LogP contribution in [0.5, 0.6) is 5.75 Å². The summed E-state index contributed by atoms with van der Waals surface area (Å²) in [4.78, 5) is 13.1. The van der Waals surface area contributed by atoms with Gasteiger partial charge in [0, 0.05) is 10.9 Å². The quantitative estimate of drug-likeness (QED) is 0.680. The predicted molar refractivity (Wildman–Crippen MR) is 86.3 cm³/mol. The van der Waals surface area contributed by atoms with E-state index in [2.05, 4.69) is 0 Å². The molecule has 0 fully saturated rings. The van der Waals surface area contributed by atoms with Gasteiger partial charge in [0.05, 0.1) is 17.4 Å². The van der Waals surface area contributed by atoms with Gasteiger partial charge in [0.2, 0.25) is 0 Å². The van der Waals surface area contributed by atoms with E-state index in [0.29, 0.717) is 11.1 Å². The van der Waals surface area contributed by atoms with Gasteiger partial charge in [-0.05, 0) is 36.6 Å². The molecule has 0 aliphatic rings. The number of rotatable bonds is 3. The molecule has 1 aromatic heterocycles. The molecule has 3 rings (SSSR count). The molecule has 4 heteroatoms. The molecule has 0 aliphatic heterocycles. The van der Waals surface area contributed by atoms with Crippen molar-refractivity contribution in [3.8, 4) is 17.1 Å². The third-order valence-corrected chi connectivity index (χ3v) is 4.16. The number of fused-ring (bicyclic) bond motifs is 1. The lowest BCUT2D eigenvalue weighted by Gasteiger charge is -2.09. The Labute approximate surface area is 126 Å². The van der Waals surface area contributed by atoms with Crippen molar-refractivity contribution >= 4 is 22.5 Å². The molecule has 0 atom stereocenters. The molecule has 106 valence electrons. The largest absolute Gasteiger partial charge is 0.497 e. The Hall–Kier alpha value is -2.20. The van der Waals surface area contributed by atoms with Crippen LogP contribution < -0.4 is 10.4 Å². The Morgan fingerprint density at radius 1 is 1.00 bits per heavy atom. The molecule has 0 saturated heterocycles. The lowest BCUT2D eigenvalue weighted by Crippen LogP contribution is -2.02. The molecule has 0 unspecified atom stereocenters. The number of methoxy groups -OCH3 is 1. The van der Waals surface area contributed by atoms with E-state index < -0.39 is 0 Å². The van der Waals surface area contributed by atoms with Gasteiger partial charge >= 0.3 is 5.63 Å². The summed E-state index contributed by atoms with van der Waals surface area (Å²) in [6.07, 6.45) is 1.98. The minimum absolute atomic E-state index is 0.311. The minimum atomic E-state index is -0.311. The molecular formula is C17H14O3S. The monoisotopic (exact) mass is 298 g/mol. The number of hydrogen-bond donors (Lipinski definition) is 0. The zero-order chi connectivity index (χ0) is 14.8. The third-order valence-electron chi connectivity index (χ3n) is 3.35. The van der Waals surface area contributed by atoms with E-state index >= 15 is 0 Å². The molecule has 0 aliphatic carbocycles. The van der Waals surface area contributed by atoms with Crippen LogP contribution in [0.15, 0.2) is 62.6 Å². The zero-order valence-corrected chi connectivity index (χ0v) is 12.6. The van der Waals surface area contributed by atoms with Crippen LogP contribution in [0.3, 0.4) is 0 Å². The maximum Gasteiger partial charge on any atom is 0.344 e. The summed E-state index contributed by atoms with van der Waals surface area (Å²) in [5.74, 6) is 1.38. The maximum absolute atomic E-state index is 12.2. The van der Waals surface area contributed by atoms with Gasteiger partial charge < -0.3 is 9.15 Å². The first-order valence-electron chi connectivity index (χ1n) is 6.49. The third kappa shape index (κ3) is 2.43. The van der Waals surface area contributed by atoms with Crippen LogP contribution in [0, 0.1) is 0 Å². The van der Waals surface area contributed by atoms with E-state index in [1.807, 2.05) is 48.7 Å². The Kier molecular flexibility index (Phi) is 3.71. The smallest absolute Gasteiger partial charge is 0.344 e. The van der Waals surface area contributed by atoms with E-state index in [9.17, 15) is 4.79 Å². The lowest BCUT2D eigenvalue weighted by atomic mass is 10.1. The van der Waals surface area contributed by atoms with Crippen LogP contribution in [0.2, 0.25) is 0 Å². The number of benzene rings is 2. The Morgan fingerprint density at radius 3 is 2.29 bits per heavy atom. The molecule has 3 nitrogen and oxygen atoms in total. The highest BCUT2D eigenvalue weighted by Crippen LogP contribution is 2.35. The fraction of sp³-hybridized carbons (Fsp3) is 0.118. The van der Waals surface area contributed by atoms with E-state index in [1.165, 1.54) is 0 Å². The lowest BCUT2D eigenvalue weighted by molar-refractivity contribution is 0.415. The molecule has 1 heterocycles. The second kappa shape index (κ2) is 5.66. The first-order valence-corrected chi connectivity index (χ1v) is 7.71. The summed E-state index contributed by atoms with van der Waals surface area (Å²) in [6.45, 7) is 0. The van der Waals surface area contributed by atoms with Crippen LogP contribution in [0.4, 0.5) is 0 Å². The van der Waals surface area contributed by atoms with Gasteiger partial charge in [-0.3, -0.25) is 0 Å². The van der Waals surface area contributed by atoms with Crippen molar-refractivity contribution in [2.24, 2.45) is 0 Å². The SMILES string of the molecule is COc1ccc(-c2oc(=O)c3ccccc3c2SC)cc1. The predicted octanol–water partition coefficient (Wildman–Crippen LogP) is 4.19. The second-order valence-corrected chi connectivity index (χ2v) is 5.34. The average Bonchev–Trinajstić information content (AvgIpc) is 2.55. The normalized spacial score (nSPS) is 10.8. The molecule has 0 bridgehead atoms. The van der Waals surface area contributed by atoms with Crippen LogP contribution in [0.1, 0.15) is 0 Å². The van der Waals surface area contributed by atoms with Crippen molar-refractivity contribution < 1.29 is 9.15 Å². The summed E-state index contributed by atoms with van der Waals surface area (Å²) in [5, 5.41) is 1.53. The summed E-state index contributed by atoms with van der Waals surface area (Å²) in [6, 6.07) is 15.0. The molecular weight excluding hydrogens is 284 g/mol. The highest BCUT2D eigenvalue weighted by molar-refractivity contribution is 7.99. The van der Waals surface area contributed by atoms with Gasteiger partial charge in [-0.2, -0.15) is 0 Å². The van der Waals surface area contributed by atoms with Gasteiger partial charge in [0.15, 0.2) is 5.76 Å². The topological polar surface area (TPSA) is 39.4 Å². The van der Waals surface area contributed by atoms with Gasteiger partial charge in [-0.25, -0.2) is 4.79 Å². The van der Waals surface area contributed by atoms with Crippen LogP contribution in [-0.2, 0) is 0 Å². The minimum Gasteiger partial charge on any atom is -0.497 e. The van der Waals surface area contributed by atoms with Gasteiger partial charge in [-0.15, -0.1) is 11.8 Å². The fourth-order valence-electron chi connectivity index (χ4n) is 2.31. The van der Waals surface area contributed by atoms with Crippen molar-refractivity contribution in [3.63, 3.8) is 0 Å². The first-order chi connectivity index (χ1) is 10.2. The highest BCUT2D eigenvalue weighted by Gasteiger charge is 2.14. The Bertz CT molecular complexity index is 835. The Morgan fingerprint density at radius 2 is 1.67 bits per heavy atom. The Balaban J connectivity index is 2.28. The summed E-state index contributed by atoms with van der Waals surface area (Å²) in [5.41, 5.74) is 0.553. The van der Waals surface area contributed by atoms with Crippen molar-refractivity contribution in [3.05, 3.63) is 59.0 Å². The molecule has 0 radical (unpaired) electrons. The van der Waals surface area contributed by atoms with Crippen molar-refractivity contribution in [2.75, 3.05) is 13.4 Å². The molecule has 2 aromatic carbocycles. The highest BCUT2D eigenvalue weighted by atomic mass is 32.2. The number of hydrogen-bond acceptors (Lipinski definition) is 4. The fourth-order valence-corrected chi connectivity index (χ4v) is 3.05. The van der Waals surface area contributed by atoms with Crippen molar-refractivity contribution in [1.82, 2.24) is 0 Å². The number of thioether (sulfide) groups is 1. The average molecular weight is 298 g/mol. The summed E-state index contributed by atoms with van der Waals surface area (Å²) < 4.78 is 10.7. The standard InChI is InChI=1S/C17H14O3S/c1-19-12-9-7-11(8-10-12)15-16(21-2)13-5-3-4-6-14(13)17(18)20-15/h3-10H,1-2H3. The maximum atomic E-state index is 12.2. The molecule has 0 amide bonds. The second-order valence-electron chi connectivity index (χ2n) is 4.53. The summed E-state index contributed by atoms with van der Waals surface area (Å²) >= 11 is 1.57. The van der Waals surface area contributed by atoms with E-state index in [1.54, 1.807) is 24.9 Å². The van der Waals surface area contributed by atoms with Crippen LogP contribution in [-0.4, -0.2) is 13.4 Å². The first kappa shape index (κ1) is 13.8. The van der Waals surface area contributed by atoms with E-state index in [4.69, 9.17) is 9.15 Å². The molecule has 3 aromatic rings. The number of ether oxygens (including phenoxy) is 1. The van der Waals surface area contributed by atoms with E-state index in [0.717, 1.165) is 21.6 Å². The zero-order valence-electron chi connectivity index (χ0n) is 11.8. The molecule has 0 saturated carbocycles. The van der Waals surface area contributed by atoms with Crippen LogP contribution in [0.25, 0.3) is 22.1 Å².